The molecule has 1 amide bonds. The van der Waals surface area contributed by atoms with Crippen LogP contribution >= 0.6 is 0 Å². The lowest BCUT2D eigenvalue weighted by molar-refractivity contribution is 0.0992. The van der Waals surface area contributed by atoms with Gasteiger partial charge in [-0.05, 0) is 83.4 Å². The van der Waals surface area contributed by atoms with E-state index in [1.165, 1.54) is 0 Å². The molecule has 226 valence electrons. The lowest BCUT2D eigenvalue weighted by atomic mass is 10.1. The maximum absolute atomic E-state index is 14.4. The molecule has 0 aliphatic carbocycles. The van der Waals surface area contributed by atoms with Gasteiger partial charge in [0, 0.05) is 49.7 Å². The zero-order chi connectivity index (χ0) is 30.1. The van der Waals surface area contributed by atoms with Crippen molar-refractivity contribution in [2.75, 3.05) is 47.5 Å². The van der Waals surface area contributed by atoms with E-state index >= 15 is 0 Å². The average molecular weight is 574 g/mol. The van der Waals surface area contributed by atoms with Crippen molar-refractivity contribution < 1.29 is 19.4 Å². The molecule has 1 atom stereocenters. The van der Waals surface area contributed by atoms with Crippen LogP contribution in [0.1, 0.15) is 77.1 Å². The van der Waals surface area contributed by atoms with Crippen molar-refractivity contribution in [3.8, 4) is 17.2 Å². The summed E-state index contributed by atoms with van der Waals surface area (Å²) >= 11 is 0. The number of unbranched alkanes of at least 4 members (excludes halogenated alkanes) is 1. The first-order chi connectivity index (χ1) is 20.4. The Morgan fingerprint density at radius 3 is 1.90 bits per heavy atom. The number of amides is 1. The molecule has 3 aromatic rings. The molecule has 1 heterocycles. The molecule has 0 saturated carbocycles. The van der Waals surface area contributed by atoms with E-state index in [2.05, 4.69) is 56.6 Å². The number of anilines is 4. The fourth-order valence-electron chi connectivity index (χ4n) is 5.55. The maximum atomic E-state index is 14.4. The summed E-state index contributed by atoms with van der Waals surface area (Å²) in [5.74, 6) is 1.66. The summed E-state index contributed by atoms with van der Waals surface area (Å²) in [4.78, 5) is 20.7. The largest absolute Gasteiger partial charge is 0.493 e. The van der Waals surface area contributed by atoms with Crippen LogP contribution in [-0.4, -0.2) is 49.9 Å². The molecule has 1 aliphatic rings. The smallest absolute Gasteiger partial charge is 0.266 e. The highest BCUT2D eigenvalue weighted by atomic mass is 16.5. The third-order valence-electron chi connectivity index (χ3n) is 8.00. The summed E-state index contributed by atoms with van der Waals surface area (Å²) in [6.45, 7) is 14.6. The molecule has 0 fully saturated rings. The monoisotopic (exact) mass is 573 g/mol. The van der Waals surface area contributed by atoms with Crippen LogP contribution in [-0.2, 0) is 0 Å². The van der Waals surface area contributed by atoms with Gasteiger partial charge in [0.1, 0.15) is 5.75 Å². The number of hydrogen-bond donors (Lipinski definition) is 1. The molecule has 0 bridgehead atoms. The van der Waals surface area contributed by atoms with Gasteiger partial charge < -0.3 is 24.4 Å². The summed E-state index contributed by atoms with van der Waals surface area (Å²) in [5, 5.41) is 10.2. The molecule has 1 unspecified atom stereocenters. The van der Waals surface area contributed by atoms with Gasteiger partial charge in [-0.1, -0.05) is 31.9 Å². The lowest BCUT2D eigenvalue weighted by Gasteiger charge is -2.34. The second kappa shape index (κ2) is 15.0. The first kappa shape index (κ1) is 31.2. The van der Waals surface area contributed by atoms with Crippen molar-refractivity contribution in [2.45, 2.75) is 72.8 Å². The Kier molecular flexibility index (Phi) is 11.1. The summed E-state index contributed by atoms with van der Waals surface area (Å²) in [6.07, 6.45) is 4.00. The Morgan fingerprint density at radius 2 is 1.36 bits per heavy atom. The third-order valence-corrected chi connectivity index (χ3v) is 8.00. The minimum absolute atomic E-state index is 0.175. The average Bonchev–Trinajstić information content (AvgIpc) is 3.02. The zero-order valence-electron chi connectivity index (χ0n) is 25.9. The Morgan fingerprint density at radius 1 is 0.810 bits per heavy atom. The number of aliphatic hydroxyl groups is 1. The minimum atomic E-state index is -0.311. The van der Waals surface area contributed by atoms with Gasteiger partial charge in [-0.15, -0.1) is 0 Å². The van der Waals surface area contributed by atoms with Crippen LogP contribution in [0.2, 0.25) is 0 Å². The van der Waals surface area contributed by atoms with E-state index in [-0.39, 0.29) is 12.0 Å². The fourth-order valence-corrected chi connectivity index (χ4v) is 5.55. The van der Waals surface area contributed by atoms with Gasteiger partial charge in [-0.25, -0.2) is 0 Å². The molecule has 42 heavy (non-hydrogen) atoms. The van der Waals surface area contributed by atoms with Crippen LogP contribution in [0.25, 0.3) is 0 Å². The predicted octanol–water partition coefficient (Wildman–Crippen LogP) is 8.17. The SMILES string of the molecule is CCCCC(O)CCCOc1ccccc1C(=O)N1c2ccc(N(CC)CC)cc2Oc2cc(N(CC)CC)ccc21. The van der Waals surface area contributed by atoms with Crippen molar-refractivity contribution in [3.63, 3.8) is 0 Å². The van der Waals surface area contributed by atoms with E-state index in [0.29, 0.717) is 47.2 Å². The van der Waals surface area contributed by atoms with Crippen molar-refractivity contribution in [2.24, 2.45) is 0 Å². The van der Waals surface area contributed by atoms with Crippen molar-refractivity contribution in [3.05, 3.63) is 66.2 Å². The molecule has 7 nitrogen and oxygen atoms in total. The molecule has 0 saturated heterocycles. The number of nitrogens with zero attached hydrogens (tertiary/aromatic N) is 3. The highest BCUT2D eigenvalue weighted by Crippen LogP contribution is 2.50. The number of rotatable bonds is 15. The lowest BCUT2D eigenvalue weighted by Crippen LogP contribution is -2.30. The number of fused-ring (bicyclic) bond motifs is 2. The zero-order valence-corrected chi connectivity index (χ0v) is 25.9. The van der Waals surface area contributed by atoms with Crippen molar-refractivity contribution >= 4 is 28.7 Å². The molecule has 1 N–H and O–H groups in total. The first-order valence-corrected chi connectivity index (χ1v) is 15.7. The summed E-state index contributed by atoms with van der Waals surface area (Å²) < 4.78 is 12.6. The quantitative estimate of drug-likeness (QED) is 0.185. The van der Waals surface area contributed by atoms with Crippen LogP contribution in [0, 0.1) is 0 Å². The van der Waals surface area contributed by atoms with E-state index in [1.807, 2.05) is 48.5 Å². The second-order valence-corrected chi connectivity index (χ2v) is 10.7. The van der Waals surface area contributed by atoms with Crippen LogP contribution in [0.15, 0.2) is 60.7 Å². The van der Waals surface area contributed by atoms with Gasteiger partial charge in [0.15, 0.2) is 11.5 Å². The Labute approximate surface area is 251 Å². The van der Waals surface area contributed by atoms with Crippen molar-refractivity contribution in [1.82, 2.24) is 0 Å². The van der Waals surface area contributed by atoms with E-state index in [4.69, 9.17) is 9.47 Å². The number of ether oxygens (including phenoxy) is 2. The fraction of sp³-hybridized carbons (Fsp3) is 0.457. The van der Waals surface area contributed by atoms with E-state index in [0.717, 1.165) is 63.2 Å². The molecule has 0 radical (unpaired) electrons. The van der Waals surface area contributed by atoms with E-state index in [1.54, 1.807) is 4.90 Å². The van der Waals surface area contributed by atoms with Crippen LogP contribution in [0.4, 0.5) is 22.7 Å². The summed E-state index contributed by atoms with van der Waals surface area (Å²) in [6, 6.07) is 19.5. The molecular weight excluding hydrogens is 526 g/mol. The molecule has 0 aromatic heterocycles. The number of hydrogen-bond acceptors (Lipinski definition) is 6. The number of aliphatic hydroxyl groups excluding tert-OH is 1. The van der Waals surface area contributed by atoms with Gasteiger partial charge in [-0.2, -0.15) is 0 Å². The number of benzene rings is 3. The Balaban J connectivity index is 1.68. The molecular formula is C35H47N3O4. The second-order valence-electron chi connectivity index (χ2n) is 10.7. The summed E-state index contributed by atoms with van der Waals surface area (Å²) in [5.41, 5.74) is 4.00. The van der Waals surface area contributed by atoms with Gasteiger partial charge in [0.2, 0.25) is 0 Å². The van der Waals surface area contributed by atoms with Gasteiger partial charge in [0.25, 0.3) is 5.91 Å². The molecule has 4 rings (SSSR count). The van der Waals surface area contributed by atoms with Crippen molar-refractivity contribution in [1.29, 1.82) is 0 Å². The van der Waals surface area contributed by atoms with Crippen LogP contribution in [0.3, 0.4) is 0 Å². The van der Waals surface area contributed by atoms with Crippen LogP contribution in [0.5, 0.6) is 17.2 Å². The van der Waals surface area contributed by atoms with E-state index < -0.39 is 0 Å². The highest BCUT2D eigenvalue weighted by Gasteiger charge is 2.32. The topological polar surface area (TPSA) is 65.5 Å². The maximum Gasteiger partial charge on any atom is 0.266 e. The Bertz CT molecular complexity index is 1260. The predicted molar refractivity (Wildman–Crippen MR) is 173 cm³/mol. The number of carbonyl (C=O) groups is 1. The molecule has 1 aliphatic heterocycles. The van der Waals surface area contributed by atoms with Gasteiger partial charge in [-0.3, -0.25) is 9.69 Å². The number of carbonyl (C=O) groups excluding carboxylic acids is 1. The van der Waals surface area contributed by atoms with E-state index in [9.17, 15) is 9.90 Å². The standard InChI is InChI=1S/C35H47N3O4/c1-6-11-15-28(39)16-14-23-41-32-18-13-12-17-29(32)35(40)38-30-21-19-26(36(7-2)8-3)24-33(30)42-34-25-27(20-22-31(34)38)37(9-4)10-5/h12-13,17-22,24-25,28,39H,6-11,14-16,23H2,1-5H3. The molecule has 7 heteroatoms. The highest BCUT2D eigenvalue weighted by molar-refractivity contribution is 6.14. The molecule has 3 aromatic carbocycles. The summed E-state index contributed by atoms with van der Waals surface area (Å²) in [7, 11) is 0. The first-order valence-electron chi connectivity index (χ1n) is 15.7. The normalized spacial score (nSPS) is 12.7. The minimum Gasteiger partial charge on any atom is -0.493 e. The van der Waals surface area contributed by atoms with Gasteiger partial charge >= 0.3 is 0 Å². The number of para-hydroxylation sites is 1. The third kappa shape index (κ3) is 7.01. The Hall–Kier alpha value is -3.71. The van der Waals surface area contributed by atoms with Crippen LogP contribution < -0.4 is 24.2 Å². The molecule has 0 spiro atoms. The van der Waals surface area contributed by atoms with Gasteiger partial charge in [0.05, 0.1) is 29.6 Å².